The zero-order chi connectivity index (χ0) is 21.4. The van der Waals surface area contributed by atoms with Gasteiger partial charge >= 0.3 is 0 Å². The first kappa shape index (κ1) is 19.7. The largest absolute Gasteiger partial charge is 0.497 e. The van der Waals surface area contributed by atoms with Gasteiger partial charge in [-0.1, -0.05) is 0 Å². The van der Waals surface area contributed by atoms with Gasteiger partial charge in [-0.15, -0.1) is 0 Å². The maximum Gasteiger partial charge on any atom is 0.292 e. The maximum atomic E-state index is 13.2. The SMILES string of the molecule is COc1ccc(N2CC[NH+]([C@@H]3CC(=O)N(c4ccc5c(c4)OCCO5)C3=O)CC2)cc1. The summed E-state index contributed by atoms with van der Waals surface area (Å²) in [6, 6.07) is 12.9. The predicted molar refractivity (Wildman–Crippen MR) is 114 cm³/mol. The number of imide groups is 1. The Labute approximate surface area is 180 Å². The Bertz CT molecular complexity index is 985. The Morgan fingerprint density at radius 2 is 1.61 bits per heavy atom. The van der Waals surface area contributed by atoms with Crippen LogP contribution in [-0.4, -0.2) is 64.4 Å². The lowest BCUT2D eigenvalue weighted by molar-refractivity contribution is -0.915. The molecule has 2 aromatic carbocycles. The molecule has 162 valence electrons. The number of piperazine rings is 1. The normalized spacial score (nSPS) is 21.5. The Hall–Kier alpha value is -3.26. The number of carbonyl (C=O) groups excluding carboxylic acids is 2. The summed E-state index contributed by atoms with van der Waals surface area (Å²) in [5.41, 5.74) is 1.70. The Balaban J connectivity index is 1.26. The number of rotatable bonds is 4. The van der Waals surface area contributed by atoms with Gasteiger partial charge in [0.1, 0.15) is 19.0 Å². The smallest absolute Gasteiger partial charge is 0.292 e. The van der Waals surface area contributed by atoms with Crippen LogP contribution >= 0.6 is 0 Å². The van der Waals surface area contributed by atoms with Crippen molar-refractivity contribution in [3.8, 4) is 17.2 Å². The van der Waals surface area contributed by atoms with E-state index in [1.54, 1.807) is 25.3 Å². The lowest BCUT2D eigenvalue weighted by atomic mass is 10.1. The monoisotopic (exact) mass is 424 g/mol. The average molecular weight is 424 g/mol. The van der Waals surface area contributed by atoms with Gasteiger partial charge in [0.25, 0.3) is 5.91 Å². The molecule has 2 aromatic rings. The number of hydrogen-bond donors (Lipinski definition) is 1. The molecule has 0 radical (unpaired) electrons. The van der Waals surface area contributed by atoms with Gasteiger partial charge < -0.3 is 24.0 Å². The molecule has 0 aliphatic carbocycles. The van der Waals surface area contributed by atoms with Gasteiger partial charge in [0, 0.05) is 11.8 Å². The van der Waals surface area contributed by atoms with Crippen LogP contribution in [0.2, 0.25) is 0 Å². The first-order chi connectivity index (χ1) is 15.1. The van der Waals surface area contributed by atoms with E-state index in [0.29, 0.717) is 30.4 Å². The number of methoxy groups -OCH3 is 1. The van der Waals surface area contributed by atoms with Gasteiger partial charge in [-0.2, -0.15) is 0 Å². The maximum absolute atomic E-state index is 13.2. The van der Waals surface area contributed by atoms with Crippen LogP contribution in [0.1, 0.15) is 6.42 Å². The van der Waals surface area contributed by atoms with Crippen LogP contribution < -0.4 is 28.9 Å². The molecule has 8 heteroatoms. The van der Waals surface area contributed by atoms with Gasteiger partial charge in [0.15, 0.2) is 17.5 Å². The molecule has 0 aromatic heterocycles. The fourth-order valence-corrected chi connectivity index (χ4v) is 4.59. The molecule has 3 aliphatic rings. The number of quaternary nitrogens is 1. The number of anilines is 2. The van der Waals surface area contributed by atoms with E-state index in [1.807, 2.05) is 12.1 Å². The van der Waals surface area contributed by atoms with Crippen molar-refractivity contribution in [2.45, 2.75) is 12.5 Å². The van der Waals surface area contributed by atoms with E-state index in [4.69, 9.17) is 14.2 Å². The van der Waals surface area contributed by atoms with Crippen molar-refractivity contribution in [2.24, 2.45) is 0 Å². The van der Waals surface area contributed by atoms with Crippen LogP contribution in [0.4, 0.5) is 11.4 Å². The molecule has 5 rings (SSSR count). The summed E-state index contributed by atoms with van der Waals surface area (Å²) in [6.45, 7) is 4.26. The van der Waals surface area contributed by atoms with Crippen LogP contribution in [0.5, 0.6) is 17.2 Å². The average Bonchev–Trinajstić information content (AvgIpc) is 3.12. The van der Waals surface area contributed by atoms with Gasteiger partial charge in [-0.3, -0.25) is 9.59 Å². The highest BCUT2D eigenvalue weighted by Gasteiger charge is 2.46. The third-order valence-corrected chi connectivity index (χ3v) is 6.27. The van der Waals surface area contributed by atoms with Gasteiger partial charge in [-0.05, 0) is 36.4 Å². The van der Waals surface area contributed by atoms with Crippen molar-refractivity contribution in [1.82, 2.24) is 0 Å². The van der Waals surface area contributed by atoms with E-state index in [-0.39, 0.29) is 24.3 Å². The summed E-state index contributed by atoms with van der Waals surface area (Å²) >= 11 is 0. The number of nitrogens with one attached hydrogen (secondary N) is 1. The first-order valence-corrected chi connectivity index (χ1v) is 10.6. The number of benzene rings is 2. The van der Waals surface area contributed by atoms with Crippen molar-refractivity contribution >= 4 is 23.2 Å². The second-order valence-corrected chi connectivity index (χ2v) is 8.00. The fourth-order valence-electron chi connectivity index (χ4n) is 4.59. The number of nitrogens with zero attached hydrogens (tertiary/aromatic N) is 2. The highest BCUT2D eigenvalue weighted by molar-refractivity contribution is 6.22. The third kappa shape index (κ3) is 3.67. The Morgan fingerprint density at radius 1 is 0.935 bits per heavy atom. The van der Waals surface area contributed by atoms with E-state index in [9.17, 15) is 9.59 Å². The summed E-state index contributed by atoms with van der Waals surface area (Å²) in [5, 5.41) is 0. The second kappa shape index (κ2) is 8.11. The van der Waals surface area contributed by atoms with Crippen LogP contribution in [-0.2, 0) is 9.59 Å². The van der Waals surface area contributed by atoms with E-state index in [2.05, 4.69) is 17.0 Å². The minimum Gasteiger partial charge on any atom is -0.497 e. The third-order valence-electron chi connectivity index (χ3n) is 6.27. The molecular weight excluding hydrogens is 398 g/mol. The molecule has 0 saturated carbocycles. The Kier molecular flexibility index (Phi) is 5.15. The van der Waals surface area contributed by atoms with E-state index in [0.717, 1.165) is 37.6 Å². The molecule has 8 nitrogen and oxygen atoms in total. The lowest BCUT2D eigenvalue weighted by Gasteiger charge is -2.35. The molecule has 0 spiro atoms. The number of hydrogen-bond acceptors (Lipinski definition) is 6. The van der Waals surface area contributed by atoms with Crippen molar-refractivity contribution in [3.63, 3.8) is 0 Å². The predicted octanol–water partition coefficient (Wildman–Crippen LogP) is 0.503. The highest BCUT2D eigenvalue weighted by atomic mass is 16.6. The second-order valence-electron chi connectivity index (χ2n) is 8.00. The van der Waals surface area contributed by atoms with Gasteiger partial charge in [-0.25, -0.2) is 4.90 Å². The van der Waals surface area contributed by atoms with Crippen molar-refractivity contribution in [2.75, 3.05) is 56.3 Å². The summed E-state index contributed by atoms with van der Waals surface area (Å²) in [6.07, 6.45) is 0.241. The minimum atomic E-state index is -0.335. The number of carbonyl (C=O) groups is 2. The molecule has 2 saturated heterocycles. The molecule has 0 bridgehead atoms. The van der Waals surface area contributed by atoms with E-state index >= 15 is 0 Å². The molecule has 3 heterocycles. The summed E-state index contributed by atoms with van der Waals surface area (Å²) < 4.78 is 16.4. The molecular formula is C23H26N3O5+. The molecule has 2 amide bonds. The molecule has 3 aliphatic heterocycles. The number of amides is 2. The molecule has 0 unspecified atom stereocenters. The van der Waals surface area contributed by atoms with E-state index in [1.165, 1.54) is 9.80 Å². The topological polar surface area (TPSA) is 72.8 Å². The molecule has 1 atom stereocenters. The van der Waals surface area contributed by atoms with Gasteiger partial charge in [0.05, 0.1) is 45.4 Å². The zero-order valence-electron chi connectivity index (χ0n) is 17.5. The number of ether oxygens (including phenoxy) is 3. The van der Waals surface area contributed by atoms with Crippen molar-refractivity contribution < 1.29 is 28.7 Å². The zero-order valence-corrected chi connectivity index (χ0v) is 17.5. The lowest BCUT2D eigenvalue weighted by Crippen LogP contribution is -3.19. The molecule has 1 N–H and O–H groups in total. The van der Waals surface area contributed by atoms with Gasteiger partial charge in [0.2, 0.25) is 5.91 Å². The van der Waals surface area contributed by atoms with Crippen molar-refractivity contribution in [3.05, 3.63) is 42.5 Å². The number of fused-ring (bicyclic) bond motifs is 1. The first-order valence-electron chi connectivity index (χ1n) is 10.6. The highest BCUT2D eigenvalue weighted by Crippen LogP contribution is 2.35. The summed E-state index contributed by atoms with van der Waals surface area (Å²) in [5.74, 6) is 1.77. The van der Waals surface area contributed by atoms with Crippen LogP contribution in [0, 0.1) is 0 Å². The van der Waals surface area contributed by atoms with Crippen LogP contribution in [0.3, 0.4) is 0 Å². The van der Waals surface area contributed by atoms with E-state index < -0.39 is 0 Å². The summed E-state index contributed by atoms with van der Waals surface area (Å²) in [7, 11) is 1.66. The van der Waals surface area contributed by atoms with Crippen molar-refractivity contribution in [1.29, 1.82) is 0 Å². The minimum absolute atomic E-state index is 0.130. The molecule has 31 heavy (non-hydrogen) atoms. The standard InChI is InChI=1S/C23H25N3O5/c1-29-18-5-2-16(3-6-18)24-8-10-25(11-9-24)19-15-22(27)26(23(19)28)17-4-7-20-21(14-17)31-13-12-30-20/h2-7,14,19H,8-13,15H2,1H3/p+1/t19-/m1/s1. The summed E-state index contributed by atoms with van der Waals surface area (Å²) in [4.78, 5) is 30.7. The molecule has 2 fully saturated rings. The van der Waals surface area contributed by atoms with Crippen LogP contribution in [0.25, 0.3) is 0 Å². The fraction of sp³-hybridized carbons (Fsp3) is 0.391. The quantitative estimate of drug-likeness (QED) is 0.721. The van der Waals surface area contributed by atoms with Crippen LogP contribution in [0.15, 0.2) is 42.5 Å². The Morgan fingerprint density at radius 3 is 2.32 bits per heavy atom.